The first kappa shape index (κ1) is 26.9. The van der Waals surface area contributed by atoms with E-state index in [-0.39, 0.29) is 27.0 Å². The van der Waals surface area contributed by atoms with E-state index in [1.807, 2.05) is 0 Å². The second-order valence-corrected chi connectivity index (χ2v) is 9.51. The first-order valence-corrected chi connectivity index (χ1v) is 12.2. The van der Waals surface area contributed by atoms with Crippen LogP contribution in [0.15, 0.2) is 59.5 Å². The number of amides is 1. The fourth-order valence-electron chi connectivity index (χ4n) is 3.29. The zero-order valence-corrected chi connectivity index (χ0v) is 21.4. The molecule has 0 spiro atoms. The van der Waals surface area contributed by atoms with E-state index in [1.165, 1.54) is 58.8 Å². The Morgan fingerprint density at radius 1 is 0.889 bits per heavy atom. The summed E-state index contributed by atoms with van der Waals surface area (Å²) in [5, 5.41) is 2.31. The number of halogens is 2. The Balaban J connectivity index is 2.04. The minimum Gasteiger partial charge on any atom is -0.497 e. The highest BCUT2D eigenvalue weighted by atomic mass is 35.5. The summed E-state index contributed by atoms with van der Waals surface area (Å²) in [6, 6.07) is 12.1. The van der Waals surface area contributed by atoms with Crippen molar-refractivity contribution in [1.82, 2.24) is 0 Å². The van der Waals surface area contributed by atoms with Gasteiger partial charge in [0.05, 0.1) is 49.7 Å². The molecule has 12 heteroatoms. The lowest BCUT2D eigenvalue weighted by Gasteiger charge is -2.25. The molecule has 0 fully saturated rings. The Bertz CT molecular complexity index is 1370. The number of nitrogens with zero attached hydrogens (tertiary/aromatic N) is 1. The van der Waals surface area contributed by atoms with E-state index in [1.54, 1.807) is 12.1 Å². The maximum absolute atomic E-state index is 13.8. The second kappa shape index (κ2) is 11.4. The normalized spacial score (nSPS) is 10.9. The molecule has 0 bridgehead atoms. The van der Waals surface area contributed by atoms with E-state index in [0.29, 0.717) is 17.2 Å². The fourth-order valence-corrected chi connectivity index (χ4v) is 4.89. The molecule has 0 aromatic heterocycles. The lowest BCUT2D eigenvalue weighted by atomic mass is 10.2. The van der Waals surface area contributed by atoms with Crippen LogP contribution in [0.25, 0.3) is 0 Å². The first-order valence-electron chi connectivity index (χ1n) is 10.4. The van der Waals surface area contributed by atoms with Gasteiger partial charge in [-0.1, -0.05) is 11.6 Å². The first-order chi connectivity index (χ1) is 17.1. The van der Waals surface area contributed by atoms with Crippen LogP contribution in [0.1, 0.15) is 0 Å². The molecule has 0 saturated carbocycles. The lowest BCUT2D eigenvalue weighted by Crippen LogP contribution is -2.38. The zero-order valence-electron chi connectivity index (χ0n) is 19.9. The fraction of sp³-hybridized carbons (Fsp3) is 0.208. The van der Waals surface area contributed by atoms with Gasteiger partial charge in [-0.15, -0.1) is 0 Å². The predicted octanol–water partition coefficient (Wildman–Crippen LogP) is 4.35. The van der Waals surface area contributed by atoms with Crippen molar-refractivity contribution < 1.29 is 36.6 Å². The van der Waals surface area contributed by atoms with Gasteiger partial charge < -0.3 is 24.3 Å². The molecule has 0 unspecified atom stereocenters. The van der Waals surface area contributed by atoms with Crippen molar-refractivity contribution in [2.45, 2.75) is 4.90 Å². The van der Waals surface area contributed by atoms with E-state index in [2.05, 4.69) is 5.32 Å². The Kier molecular flexibility index (Phi) is 8.49. The zero-order chi connectivity index (χ0) is 26.5. The van der Waals surface area contributed by atoms with Gasteiger partial charge >= 0.3 is 0 Å². The van der Waals surface area contributed by atoms with Crippen LogP contribution >= 0.6 is 11.6 Å². The van der Waals surface area contributed by atoms with Crippen LogP contribution in [0, 0.1) is 5.82 Å². The van der Waals surface area contributed by atoms with Gasteiger partial charge in [0.25, 0.3) is 10.0 Å². The molecule has 0 heterocycles. The Hall–Kier alpha value is -3.70. The summed E-state index contributed by atoms with van der Waals surface area (Å²) in [6.45, 7) is -0.668. The van der Waals surface area contributed by atoms with Crippen LogP contribution in [0.5, 0.6) is 23.0 Å². The summed E-state index contributed by atoms with van der Waals surface area (Å²) in [4.78, 5) is 12.9. The van der Waals surface area contributed by atoms with Crippen molar-refractivity contribution >= 4 is 38.9 Å². The molecule has 0 radical (unpaired) electrons. The Morgan fingerprint density at radius 2 is 1.56 bits per heavy atom. The summed E-state index contributed by atoms with van der Waals surface area (Å²) in [6.07, 6.45) is 0. The molecule has 9 nitrogen and oxygen atoms in total. The maximum Gasteiger partial charge on any atom is 0.264 e. The Labute approximate surface area is 213 Å². The second-order valence-electron chi connectivity index (χ2n) is 7.24. The molecule has 0 aliphatic rings. The number of carbonyl (C=O) groups excluding carboxylic acids is 1. The van der Waals surface area contributed by atoms with Crippen LogP contribution in [0.4, 0.5) is 15.8 Å². The van der Waals surface area contributed by atoms with Gasteiger partial charge in [-0.05, 0) is 42.5 Å². The third-order valence-corrected chi connectivity index (χ3v) is 7.16. The molecule has 1 amide bonds. The summed E-state index contributed by atoms with van der Waals surface area (Å²) < 4.78 is 62.8. The van der Waals surface area contributed by atoms with Crippen LogP contribution in [0.2, 0.25) is 5.02 Å². The number of anilines is 2. The van der Waals surface area contributed by atoms with Gasteiger partial charge in [-0.3, -0.25) is 9.10 Å². The molecule has 3 aromatic rings. The molecule has 0 aliphatic heterocycles. The quantitative estimate of drug-likeness (QED) is 0.409. The molecule has 0 saturated heterocycles. The average Bonchev–Trinajstić information content (AvgIpc) is 2.88. The summed E-state index contributed by atoms with van der Waals surface area (Å²) in [5.74, 6) is -0.174. The van der Waals surface area contributed by atoms with E-state index in [0.717, 1.165) is 16.4 Å². The number of nitrogens with one attached hydrogen (secondary N) is 1. The Morgan fingerprint density at radius 3 is 2.17 bits per heavy atom. The molecule has 192 valence electrons. The number of carbonyl (C=O) groups is 1. The van der Waals surface area contributed by atoms with Gasteiger partial charge in [-0.2, -0.15) is 0 Å². The van der Waals surface area contributed by atoms with Crippen molar-refractivity contribution in [3.05, 3.63) is 65.4 Å². The monoisotopic (exact) mass is 538 g/mol. The van der Waals surface area contributed by atoms with Gasteiger partial charge in [0.1, 0.15) is 23.9 Å². The highest BCUT2D eigenvalue weighted by Crippen LogP contribution is 2.34. The number of ether oxygens (including phenoxy) is 4. The number of methoxy groups -OCH3 is 4. The van der Waals surface area contributed by atoms with Crippen LogP contribution < -0.4 is 28.6 Å². The lowest BCUT2D eigenvalue weighted by molar-refractivity contribution is -0.114. The molecule has 1 N–H and O–H groups in total. The number of benzene rings is 3. The van der Waals surface area contributed by atoms with Crippen molar-refractivity contribution in [2.75, 3.05) is 44.6 Å². The molecule has 3 rings (SSSR count). The van der Waals surface area contributed by atoms with Gasteiger partial charge in [0.2, 0.25) is 5.91 Å². The van der Waals surface area contributed by atoms with E-state index < -0.39 is 28.3 Å². The van der Waals surface area contributed by atoms with Gasteiger partial charge in [-0.25, -0.2) is 12.8 Å². The molecular weight excluding hydrogens is 515 g/mol. The topological polar surface area (TPSA) is 103 Å². The third-order valence-electron chi connectivity index (χ3n) is 5.10. The largest absolute Gasteiger partial charge is 0.497 e. The van der Waals surface area contributed by atoms with Crippen molar-refractivity contribution in [1.29, 1.82) is 0 Å². The highest BCUT2D eigenvalue weighted by molar-refractivity contribution is 7.92. The van der Waals surface area contributed by atoms with Crippen LogP contribution in [-0.2, 0) is 14.8 Å². The van der Waals surface area contributed by atoms with E-state index >= 15 is 0 Å². The van der Waals surface area contributed by atoms with Gasteiger partial charge in [0.15, 0.2) is 11.5 Å². The minimum absolute atomic E-state index is 0.0241. The number of sulfonamides is 1. The SMILES string of the molecule is COc1ccc(OC)c(NC(=O)CN(c2ccc(F)c(Cl)c2)S(=O)(=O)c2ccc(OC)c(OC)c2)c1. The smallest absolute Gasteiger partial charge is 0.264 e. The third kappa shape index (κ3) is 5.74. The van der Waals surface area contributed by atoms with Crippen molar-refractivity contribution in [3.8, 4) is 23.0 Å². The number of hydrogen-bond donors (Lipinski definition) is 1. The molecule has 36 heavy (non-hydrogen) atoms. The van der Waals surface area contributed by atoms with Crippen molar-refractivity contribution in [3.63, 3.8) is 0 Å². The number of hydrogen-bond acceptors (Lipinski definition) is 7. The van der Waals surface area contributed by atoms with Gasteiger partial charge in [0, 0.05) is 12.1 Å². The molecular formula is C24H24ClFN2O7S. The van der Waals surface area contributed by atoms with Crippen LogP contribution in [0.3, 0.4) is 0 Å². The highest BCUT2D eigenvalue weighted by Gasteiger charge is 2.29. The maximum atomic E-state index is 13.8. The molecule has 0 aliphatic carbocycles. The summed E-state index contributed by atoms with van der Waals surface area (Å²) in [5.41, 5.74) is 0.242. The molecule has 0 atom stereocenters. The standard InChI is InChI=1S/C24H24ClFN2O7S/c1-32-16-6-9-21(33-2)20(12-16)27-24(29)14-28(15-5-8-19(26)18(25)11-15)36(30,31)17-7-10-22(34-3)23(13-17)35-4/h5-13H,14H2,1-4H3,(H,27,29). The van der Waals surface area contributed by atoms with E-state index in [4.69, 9.17) is 30.5 Å². The number of rotatable bonds is 10. The predicted molar refractivity (Wildman–Crippen MR) is 134 cm³/mol. The van der Waals surface area contributed by atoms with E-state index in [9.17, 15) is 17.6 Å². The minimum atomic E-state index is -4.36. The average molecular weight is 539 g/mol. The molecule has 3 aromatic carbocycles. The van der Waals surface area contributed by atoms with Crippen molar-refractivity contribution in [2.24, 2.45) is 0 Å². The van der Waals surface area contributed by atoms with Crippen LogP contribution in [-0.4, -0.2) is 49.3 Å². The summed E-state index contributed by atoms with van der Waals surface area (Å²) in [7, 11) is 1.30. The summed E-state index contributed by atoms with van der Waals surface area (Å²) >= 11 is 5.92.